The SMILES string of the molecule is CC1=Cc2c(-c3ccccc3)cccc2[CH]1[Zr]([CH]1C(C)=Cc2c(-c3ccccc3)cccc21)=[Si](C)C. The molecule has 0 aliphatic heterocycles. The molecule has 0 saturated heterocycles. The molecule has 0 fully saturated rings. The van der Waals surface area contributed by atoms with Crippen LogP contribution in [0.25, 0.3) is 34.4 Å². The third-order valence-corrected chi connectivity index (χ3v) is 27.8. The van der Waals surface area contributed by atoms with Gasteiger partial charge in [-0.25, -0.2) is 0 Å². The molecule has 4 aromatic carbocycles. The summed E-state index contributed by atoms with van der Waals surface area (Å²) in [5, 5.41) is 0. The van der Waals surface area contributed by atoms with Gasteiger partial charge in [-0.3, -0.25) is 0 Å². The second-order valence-corrected chi connectivity index (χ2v) is 28.3. The number of benzene rings is 4. The molecule has 4 aromatic rings. The van der Waals surface area contributed by atoms with E-state index in [1.54, 1.807) is 22.3 Å². The van der Waals surface area contributed by atoms with E-state index in [0.717, 1.165) is 0 Å². The molecular weight excluding hydrogens is 528 g/mol. The second-order valence-electron chi connectivity index (χ2n) is 10.4. The molecule has 0 nitrogen and oxygen atoms in total. The predicted octanol–water partition coefficient (Wildman–Crippen LogP) is 9.51. The first-order valence-corrected chi connectivity index (χ1v) is 22.0. The van der Waals surface area contributed by atoms with Crippen molar-refractivity contribution in [2.75, 3.05) is 0 Å². The standard InChI is InChI=1S/2C16H13.C2H6Si.Zr/c2*1-12-10-14-8-5-9-15(16(14)11-12)13-6-3-2-4-7-13;1-3-2;/h2*2-11H,1H3;1-2H3;. The van der Waals surface area contributed by atoms with Crippen LogP contribution in [0.1, 0.15) is 43.4 Å². The van der Waals surface area contributed by atoms with Gasteiger partial charge in [0.2, 0.25) is 0 Å². The second kappa shape index (κ2) is 9.73. The molecule has 2 aliphatic rings. The average molecular weight is 560 g/mol. The van der Waals surface area contributed by atoms with E-state index < -0.39 is 25.8 Å². The number of allylic oxidation sites excluding steroid dienone is 2. The van der Waals surface area contributed by atoms with Crippen molar-refractivity contribution in [3.8, 4) is 22.3 Å². The van der Waals surface area contributed by atoms with Gasteiger partial charge in [0, 0.05) is 0 Å². The van der Waals surface area contributed by atoms with Gasteiger partial charge in [-0.15, -0.1) is 0 Å². The first-order chi connectivity index (χ1) is 17.5. The molecule has 0 saturated carbocycles. The minimum absolute atomic E-state index is 0.426. The van der Waals surface area contributed by atoms with Gasteiger partial charge in [-0.1, -0.05) is 0 Å². The monoisotopic (exact) mass is 558 g/mol. The molecule has 2 heteroatoms. The molecule has 0 spiro atoms. The molecule has 0 N–H and O–H groups in total. The number of rotatable bonds is 4. The van der Waals surface area contributed by atoms with Crippen molar-refractivity contribution in [1.82, 2.24) is 0 Å². The van der Waals surface area contributed by atoms with Crippen molar-refractivity contribution in [1.29, 1.82) is 0 Å². The zero-order valence-corrected chi connectivity index (χ0v) is 25.0. The molecule has 2 atom stereocenters. The molecule has 0 aromatic heterocycles. The Kier molecular flexibility index (Phi) is 6.44. The Morgan fingerprint density at radius 1 is 0.528 bits per heavy atom. The van der Waals surface area contributed by atoms with Gasteiger partial charge in [0.25, 0.3) is 0 Å². The average Bonchev–Trinajstić information content (AvgIpc) is 3.41. The summed E-state index contributed by atoms with van der Waals surface area (Å²) in [6.45, 7) is 10.1. The van der Waals surface area contributed by atoms with E-state index in [-0.39, 0.29) is 0 Å². The summed E-state index contributed by atoms with van der Waals surface area (Å²) in [7, 11) is 0. The zero-order valence-electron chi connectivity index (χ0n) is 21.5. The topological polar surface area (TPSA) is 0 Å². The number of hydrogen-bond acceptors (Lipinski definition) is 0. The van der Waals surface area contributed by atoms with Crippen LogP contribution >= 0.6 is 0 Å². The minimum atomic E-state index is -2.04. The summed E-state index contributed by atoms with van der Waals surface area (Å²) in [4.78, 5) is 0. The van der Waals surface area contributed by atoms with Crippen molar-refractivity contribution in [3.05, 3.63) is 130 Å². The summed E-state index contributed by atoms with van der Waals surface area (Å²) in [5.74, 6) is 0. The summed E-state index contributed by atoms with van der Waals surface area (Å²) in [6.07, 6.45) is 5.06. The van der Waals surface area contributed by atoms with Crippen molar-refractivity contribution in [3.63, 3.8) is 0 Å². The maximum atomic E-state index is 2.61. The summed E-state index contributed by atoms with van der Waals surface area (Å²) in [6, 6.07) is 36.0. The Morgan fingerprint density at radius 2 is 0.944 bits per heavy atom. The van der Waals surface area contributed by atoms with E-state index in [1.165, 1.54) is 33.4 Å². The summed E-state index contributed by atoms with van der Waals surface area (Å²) >= 11 is -2.04. The number of hydrogen-bond donors (Lipinski definition) is 0. The Balaban J connectivity index is 1.49. The first kappa shape index (κ1) is 23.8. The Labute approximate surface area is 223 Å². The van der Waals surface area contributed by atoms with Crippen LogP contribution in [-0.2, 0) is 20.4 Å². The normalized spacial score (nSPS) is 17.8. The van der Waals surface area contributed by atoms with Crippen molar-refractivity contribution >= 4 is 17.6 Å². The van der Waals surface area contributed by atoms with Crippen molar-refractivity contribution in [2.45, 2.75) is 34.2 Å². The Bertz CT molecular complexity index is 1440. The fraction of sp³-hybridized carbons (Fsp3) is 0.176. The van der Waals surface area contributed by atoms with Gasteiger partial charge in [0.1, 0.15) is 0 Å². The van der Waals surface area contributed by atoms with Crippen molar-refractivity contribution in [2.24, 2.45) is 0 Å². The van der Waals surface area contributed by atoms with Crippen LogP contribution in [0, 0.1) is 0 Å². The van der Waals surface area contributed by atoms with Crippen LogP contribution in [0.5, 0.6) is 0 Å². The molecule has 2 unspecified atom stereocenters. The van der Waals surface area contributed by atoms with Gasteiger partial charge < -0.3 is 0 Å². The quantitative estimate of drug-likeness (QED) is 0.218. The Morgan fingerprint density at radius 3 is 1.33 bits per heavy atom. The van der Waals surface area contributed by atoms with E-state index in [1.807, 2.05) is 0 Å². The predicted molar refractivity (Wildman–Crippen MR) is 154 cm³/mol. The van der Waals surface area contributed by atoms with Gasteiger partial charge in [-0.05, 0) is 0 Å². The number of fused-ring (bicyclic) bond motifs is 2. The maximum absolute atomic E-state index is 2.61. The van der Waals surface area contributed by atoms with Crippen LogP contribution in [0.4, 0.5) is 0 Å². The molecule has 0 radical (unpaired) electrons. The zero-order chi connectivity index (χ0) is 24.8. The van der Waals surface area contributed by atoms with Crippen LogP contribution in [0.2, 0.25) is 13.1 Å². The van der Waals surface area contributed by atoms with Gasteiger partial charge >= 0.3 is 225 Å². The first-order valence-electron chi connectivity index (χ1n) is 12.9. The van der Waals surface area contributed by atoms with E-state index >= 15 is 0 Å². The van der Waals surface area contributed by atoms with Gasteiger partial charge in [0.05, 0.1) is 0 Å². The molecule has 36 heavy (non-hydrogen) atoms. The fourth-order valence-corrected chi connectivity index (χ4v) is 27.1. The molecule has 6 rings (SSSR count). The molecule has 0 bridgehead atoms. The molecule has 0 heterocycles. The fourth-order valence-electron chi connectivity index (χ4n) is 6.41. The Hall–Kier alpha value is -2.54. The third-order valence-electron chi connectivity index (χ3n) is 7.93. The third kappa shape index (κ3) is 4.00. The van der Waals surface area contributed by atoms with E-state index in [2.05, 4.69) is 136 Å². The van der Waals surface area contributed by atoms with E-state index in [9.17, 15) is 0 Å². The van der Waals surface area contributed by atoms with Crippen LogP contribution in [0.15, 0.2) is 108 Å². The van der Waals surface area contributed by atoms with Gasteiger partial charge in [-0.2, -0.15) is 0 Å². The van der Waals surface area contributed by atoms with Crippen LogP contribution in [-0.4, -0.2) is 5.43 Å². The molecular formula is C34H32SiZr. The van der Waals surface area contributed by atoms with Crippen LogP contribution < -0.4 is 0 Å². The van der Waals surface area contributed by atoms with E-state index in [0.29, 0.717) is 7.25 Å². The van der Waals surface area contributed by atoms with E-state index in [4.69, 9.17) is 0 Å². The van der Waals surface area contributed by atoms with Crippen LogP contribution in [0.3, 0.4) is 0 Å². The molecule has 176 valence electrons. The van der Waals surface area contributed by atoms with Gasteiger partial charge in [0.15, 0.2) is 0 Å². The summed E-state index contributed by atoms with van der Waals surface area (Å²) < 4.78 is 1.32. The molecule has 0 amide bonds. The summed E-state index contributed by atoms with van der Waals surface area (Å²) in [5.41, 5.74) is 14.4. The van der Waals surface area contributed by atoms with Crippen molar-refractivity contribution < 1.29 is 20.4 Å². The molecule has 2 aliphatic carbocycles.